The van der Waals surface area contributed by atoms with Crippen LogP contribution in [-0.4, -0.2) is 35.2 Å². The maximum absolute atomic E-state index is 12.8. The predicted octanol–water partition coefficient (Wildman–Crippen LogP) is 3.43. The van der Waals surface area contributed by atoms with E-state index >= 15 is 0 Å². The summed E-state index contributed by atoms with van der Waals surface area (Å²) in [6, 6.07) is 9.43. The lowest BCUT2D eigenvalue weighted by molar-refractivity contribution is -0.384. The Morgan fingerprint density at radius 2 is 2.00 bits per heavy atom. The molecule has 1 aliphatic rings. The van der Waals surface area contributed by atoms with Crippen LogP contribution in [0.2, 0.25) is 5.02 Å². The molecule has 0 unspecified atom stereocenters. The highest BCUT2D eigenvalue weighted by molar-refractivity contribution is 6.31. The fourth-order valence-corrected chi connectivity index (χ4v) is 3.38. The van der Waals surface area contributed by atoms with E-state index in [0.717, 1.165) is 11.3 Å². The molecule has 7 nitrogen and oxygen atoms in total. The number of carbonyl (C=O) groups is 2. The number of amides is 2. The van der Waals surface area contributed by atoms with Gasteiger partial charge in [0, 0.05) is 55.5 Å². The van der Waals surface area contributed by atoms with E-state index in [9.17, 15) is 19.7 Å². The Balaban J connectivity index is 1.80. The molecule has 2 amide bonds. The molecule has 0 radical (unpaired) electrons. The molecule has 2 aromatic rings. The summed E-state index contributed by atoms with van der Waals surface area (Å²) in [5, 5.41) is 11.3. The standard InChI is InChI=1S/C19H18ClN3O4/c1-12(24)22-8-7-13-9-14(3-6-18(13)22)19(25)21(2)11-15-10-16(23(26)27)4-5-17(15)20/h3-6,9-10H,7-8,11H2,1-2H3. The van der Waals surface area contributed by atoms with Crippen molar-refractivity contribution in [3.63, 3.8) is 0 Å². The van der Waals surface area contributed by atoms with Gasteiger partial charge in [0.15, 0.2) is 0 Å². The summed E-state index contributed by atoms with van der Waals surface area (Å²) in [4.78, 5) is 38.0. The Kier molecular flexibility index (Phi) is 5.14. The summed E-state index contributed by atoms with van der Waals surface area (Å²) in [7, 11) is 1.62. The lowest BCUT2D eigenvalue weighted by Crippen LogP contribution is -2.27. The van der Waals surface area contributed by atoms with Crippen LogP contribution < -0.4 is 4.90 Å². The molecule has 0 saturated carbocycles. The average molecular weight is 388 g/mol. The third-order valence-corrected chi connectivity index (χ3v) is 4.97. The van der Waals surface area contributed by atoms with Crippen molar-refractivity contribution >= 4 is 34.8 Å². The van der Waals surface area contributed by atoms with E-state index in [0.29, 0.717) is 29.1 Å². The number of rotatable bonds is 4. The number of nitro groups is 1. The highest BCUT2D eigenvalue weighted by Crippen LogP contribution is 2.29. The quantitative estimate of drug-likeness (QED) is 0.594. The van der Waals surface area contributed by atoms with Crippen molar-refractivity contribution in [3.05, 3.63) is 68.2 Å². The second kappa shape index (κ2) is 7.36. The lowest BCUT2D eigenvalue weighted by atomic mass is 10.1. The largest absolute Gasteiger partial charge is 0.337 e. The van der Waals surface area contributed by atoms with Gasteiger partial charge in [0.25, 0.3) is 11.6 Å². The van der Waals surface area contributed by atoms with Gasteiger partial charge in [-0.3, -0.25) is 19.7 Å². The predicted molar refractivity (Wildman–Crippen MR) is 102 cm³/mol. The number of nitrogens with zero attached hydrogens (tertiary/aromatic N) is 3. The summed E-state index contributed by atoms with van der Waals surface area (Å²) in [6.45, 7) is 2.28. The first kappa shape index (κ1) is 18.8. The molecule has 0 aromatic heterocycles. The van der Waals surface area contributed by atoms with E-state index < -0.39 is 4.92 Å². The van der Waals surface area contributed by atoms with Crippen LogP contribution in [0.4, 0.5) is 11.4 Å². The highest BCUT2D eigenvalue weighted by Gasteiger charge is 2.24. The van der Waals surface area contributed by atoms with Crippen LogP contribution in [0.15, 0.2) is 36.4 Å². The van der Waals surface area contributed by atoms with E-state index in [1.165, 1.54) is 30.0 Å². The van der Waals surface area contributed by atoms with Crippen LogP contribution in [-0.2, 0) is 17.8 Å². The maximum Gasteiger partial charge on any atom is 0.269 e. The minimum Gasteiger partial charge on any atom is -0.337 e. The van der Waals surface area contributed by atoms with Gasteiger partial charge in [0.05, 0.1) is 4.92 Å². The van der Waals surface area contributed by atoms with E-state index in [4.69, 9.17) is 11.6 Å². The Bertz CT molecular complexity index is 945. The molecule has 0 fully saturated rings. The van der Waals surface area contributed by atoms with E-state index in [-0.39, 0.29) is 24.0 Å². The van der Waals surface area contributed by atoms with Gasteiger partial charge in [-0.1, -0.05) is 11.6 Å². The van der Waals surface area contributed by atoms with Crippen LogP contribution in [0.3, 0.4) is 0 Å². The fourth-order valence-electron chi connectivity index (χ4n) is 3.21. The zero-order valence-electron chi connectivity index (χ0n) is 14.9. The number of anilines is 1. The number of hydrogen-bond acceptors (Lipinski definition) is 4. The number of nitro benzene ring substituents is 1. The summed E-state index contributed by atoms with van der Waals surface area (Å²) >= 11 is 6.12. The number of hydrogen-bond donors (Lipinski definition) is 0. The van der Waals surface area contributed by atoms with Gasteiger partial charge >= 0.3 is 0 Å². The Labute approximate surface area is 161 Å². The molecule has 140 valence electrons. The summed E-state index contributed by atoms with van der Waals surface area (Å²) in [6.07, 6.45) is 0.705. The van der Waals surface area contributed by atoms with Crippen LogP contribution in [0.5, 0.6) is 0 Å². The fraction of sp³-hybridized carbons (Fsp3) is 0.263. The molecular weight excluding hydrogens is 370 g/mol. The van der Waals surface area contributed by atoms with E-state index in [1.807, 2.05) is 0 Å². The van der Waals surface area contributed by atoms with Gasteiger partial charge in [-0.15, -0.1) is 0 Å². The average Bonchev–Trinajstić information content (AvgIpc) is 3.06. The van der Waals surface area contributed by atoms with Crippen molar-refractivity contribution in [1.29, 1.82) is 0 Å². The molecule has 0 bridgehead atoms. The second-order valence-electron chi connectivity index (χ2n) is 6.46. The number of carbonyl (C=O) groups excluding carboxylic acids is 2. The maximum atomic E-state index is 12.8. The molecule has 0 atom stereocenters. The minimum atomic E-state index is -0.497. The van der Waals surface area contributed by atoms with Gasteiger partial charge in [-0.2, -0.15) is 0 Å². The number of fused-ring (bicyclic) bond motifs is 1. The molecule has 8 heteroatoms. The molecule has 0 spiro atoms. The van der Waals surface area contributed by atoms with Gasteiger partial charge in [0.1, 0.15) is 0 Å². The molecule has 0 saturated heterocycles. The molecule has 2 aromatic carbocycles. The minimum absolute atomic E-state index is 0.0229. The topological polar surface area (TPSA) is 83.8 Å². The van der Waals surface area contributed by atoms with Crippen molar-refractivity contribution in [2.75, 3.05) is 18.5 Å². The van der Waals surface area contributed by atoms with Crippen molar-refractivity contribution in [3.8, 4) is 0 Å². The van der Waals surface area contributed by atoms with E-state index in [1.54, 1.807) is 30.1 Å². The normalized spacial score (nSPS) is 12.6. The molecule has 0 aliphatic carbocycles. The van der Waals surface area contributed by atoms with Gasteiger partial charge in [-0.25, -0.2) is 0 Å². The molecule has 3 rings (SSSR count). The first-order valence-corrected chi connectivity index (χ1v) is 8.75. The zero-order valence-corrected chi connectivity index (χ0v) is 15.7. The lowest BCUT2D eigenvalue weighted by Gasteiger charge is -2.19. The van der Waals surface area contributed by atoms with Crippen LogP contribution >= 0.6 is 11.6 Å². The number of benzene rings is 2. The molecule has 1 aliphatic heterocycles. The van der Waals surface area contributed by atoms with Gasteiger partial charge in [-0.05, 0) is 41.8 Å². The van der Waals surface area contributed by atoms with Crippen molar-refractivity contribution in [2.24, 2.45) is 0 Å². The monoisotopic (exact) mass is 387 g/mol. The van der Waals surface area contributed by atoms with Crippen molar-refractivity contribution in [1.82, 2.24) is 4.90 Å². The third kappa shape index (κ3) is 3.78. The van der Waals surface area contributed by atoms with Crippen LogP contribution in [0.1, 0.15) is 28.4 Å². The molecule has 1 heterocycles. The van der Waals surface area contributed by atoms with Gasteiger partial charge < -0.3 is 9.80 Å². The Hall–Kier alpha value is -2.93. The van der Waals surface area contributed by atoms with Gasteiger partial charge in [0.2, 0.25) is 5.91 Å². The molecule has 0 N–H and O–H groups in total. The number of halogens is 1. The summed E-state index contributed by atoms with van der Waals surface area (Å²) in [5.41, 5.74) is 2.73. The smallest absolute Gasteiger partial charge is 0.269 e. The van der Waals surface area contributed by atoms with Crippen LogP contribution in [0, 0.1) is 10.1 Å². The highest BCUT2D eigenvalue weighted by atomic mass is 35.5. The summed E-state index contributed by atoms with van der Waals surface area (Å²) in [5.74, 6) is -0.244. The zero-order chi connectivity index (χ0) is 19.7. The first-order valence-electron chi connectivity index (χ1n) is 8.37. The number of non-ortho nitro benzene ring substituents is 1. The van der Waals surface area contributed by atoms with Crippen molar-refractivity contribution < 1.29 is 14.5 Å². The van der Waals surface area contributed by atoms with Crippen LogP contribution in [0.25, 0.3) is 0 Å². The molecule has 27 heavy (non-hydrogen) atoms. The Morgan fingerprint density at radius 1 is 1.26 bits per heavy atom. The Morgan fingerprint density at radius 3 is 2.67 bits per heavy atom. The van der Waals surface area contributed by atoms with E-state index in [2.05, 4.69) is 0 Å². The second-order valence-corrected chi connectivity index (χ2v) is 6.87. The first-order chi connectivity index (χ1) is 12.8. The van der Waals surface area contributed by atoms with Crippen molar-refractivity contribution in [2.45, 2.75) is 19.9 Å². The SMILES string of the molecule is CC(=O)N1CCc2cc(C(=O)N(C)Cc3cc([N+](=O)[O-])ccc3Cl)ccc21. The molecular formula is C19H18ClN3O4. The summed E-state index contributed by atoms with van der Waals surface area (Å²) < 4.78 is 0. The third-order valence-electron chi connectivity index (χ3n) is 4.60.